The van der Waals surface area contributed by atoms with E-state index in [1.54, 1.807) is 6.07 Å². The van der Waals surface area contributed by atoms with Crippen molar-refractivity contribution in [3.8, 4) is 5.75 Å². The van der Waals surface area contributed by atoms with Crippen LogP contribution in [0.4, 0.5) is 0 Å². The third kappa shape index (κ3) is 2.07. The molecule has 0 fully saturated rings. The van der Waals surface area contributed by atoms with E-state index < -0.39 is 10.0 Å². The predicted molar refractivity (Wildman–Crippen MR) is 53.7 cm³/mol. The molecular formula is C8H10N2O4S. The Morgan fingerprint density at radius 1 is 1.33 bits per heavy atom. The summed E-state index contributed by atoms with van der Waals surface area (Å²) in [5.74, 6) is 0.174. The summed E-state index contributed by atoms with van der Waals surface area (Å²) in [7, 11) is -1.49. The minimum atomic E-state index is -3.90. The second-order valence-electron chi connectivity index (χ2n) is 2.67. The van der Waals surface area contributed by atoms with Crippen LogP contribution in [0.5, 0.6) is 5.75 Å². The molecule has 1 rings (SSSR count). The van der Waals surface area contributed by atoms with Gasteiger partial charge in [0.15, 0.2) is 0 Å². The Labute approximate surface area is 87.5 Å². The third-order valence-corrected chi connectivity index (χ3v) is 3.47. The molecule has 0 saturated carbocycles. The fourth-order valence-electron chi connectivity index (χ4n) is 1.02. The van der Waals surface area contributed by atoms with Crippen molar-refractivity contribution < 1.29 is 13.2 Å². The lowest BCUT2D eigenvalue weighted by atomic mass is 10.3. The number of methoxy groups -OCH3 is 1. The highest BCUT2D eigenvalue weighted by Crippen LogP contribution is 2.25. The summed E-state index contributed by atoms with van der Waals surface area (Å²) >= 11 is 0. The van der Waals surface area contributed by atoms with E-state index in [2.05, 4.69) is 5.29 Å². The molecule has 0 saturated heterocycles. The zero-order valence-corrected chi connectivity index (χ0v) is 9.06. The quantitative estimate of drug-likeness (QED) is 0.571. The smallest absolute Gasteiger partial charge is 0.284 e. The molecule has 0 aromatic heterocycles. The summed E-state index contributed by atoms with van der Waals surface area (Å²) in [5.41, 5.74) is 0. The first-order valence-corrected chi connectivity index (χ1v) is 5.43. The van der Waals surface area contributed by atoms with Crippen molar-refractivity contribution in [3.63, 3.8) is 0 Å². The van der Waals surface area contributed by atoms with Gasteiger partial charge in [-0.15, -0.1) is 4.91 Å². The Bertz CT molecular complexity index is 457. The molecule has 0 aliphatic rings. The third-order valence-electron chi connectivity index (χ3n) is 1.81. The van der Waals surface area contributed by atoms with E-state index in [4.69, 9.17) is 4.74 Å². The number of nitroso groups, excluding NO2 is 1. The highest BCUT2D eigenvalue weighted by atomic mass is 32.2. The number of benzene rings is 1. The Kier molecular flexibility index (Phi) is 3.25. The molecule has 7 heteroatoms. The minimum Gasteiger partial charge on any atom is -0.495 e. The van der Waals surface area contributed by atoms with Gasteiger partial charge in [0.25, 0.3) is 10.0 Å². The summed E-state index contributed by atoms with van der Waals surface area (Å²) in [6, 6.07) is 6.00. The highest BCUT2D eigenvalue weighted by molar-refractivity contribution is 7.89. The number of nitrogens with zero attached hydrogens (tertiary/aromatic N) is 2. The highest BCUT2D eigenvalue weighted by Gasteiger charge is 2.24. The van der Waals surface area contributed by atoms with Gasteiger partial charge in [-0.3, -0.25) is 0 Å². The van der Waals surface area contributed by atoms with Crippen LogP contribution >= 0.6 is 0 Å². The van der Waals surface area contributed by atoms with Crippen LogP contribution in [0.15, 0.2) is 34.4 Å². The lowest BCUT2D eigenvalue weighted by Crippen LogP contribution is -2.21. The molecule has 0 amide bonds. The maximum absolute atomic E-state index is 11.7. The van der Waals surface area contributed by atoms with Gasteiger partial charge < -0.3 is 4.74 Å². The molecule has 0 aliphatic heterocycles. The number of para-hydroxylation sites is 1. The first-order chi connectivity index (χ1) is 7.04. The molecule has 1 aromatic carbocycles. The van der Waals surface area contributed by atoms with Crippen LogP contribution in [0, 0.1) is 4.91 Å². The van der Waals surface area contributed by atoms with Gasteiger partial charge in [0, 0.05) is 7.05 Å². The summed E-state index contributed by atoms with van der Waals surface area (Å²) in [5, 5.41) is 2.35. The van der Waals surface area contributed by atoms with E-state index in [9.17, 15) is 13.3 Å². The SMILES string of the molecule is COc1ccccc1S(=O)(=O)N(C)N=O. The fourth-order valence-corrected chi connectivity index (χ4v) is 2.05. The van der Waals surface area contributed by atoms with Gasteiger partial charge >= 0.3 is 0 Å². The van der Waals surface area contributed by atoms with E-state index in [1.807, 2.05) is 0 Å². The summed E-state index contributed by atoms with van der Waals surface area (Å²) in [6.45, 7) is 0. The molecule has 0 heterocycles. The van der Waals surface area contributed by atoms with Crippen molar-refractivity contribution in [1.82, 2.24) is 4.41 Å². The van der Waals surface area contributed by atoms with Crippen molar-refractivity contribution in [2.24, 2.45) is 5.29 Å². The molecule has 82 valence electrons. The van der Waals surface area contributed by atoms with E-state index >= 15 is 0 Å². The summed E-state index contributed by atoms with van der Waals surface area (Å²) in [6.07, 6.45) is 0. The molecule has 0 atom stereocenters. The Hall–Kier alpha value is -1.63. The molecule has 6 nitrogen and oxygen atoms in total. The van der Waals surface area contributed by atoms with Gasteiger partial charge in [-0.2, -0.15) is 12.8 Å². The van der Waals surface area contributed by atoms with Crippen LogP contribution in [-0.4, -0.2) is 27.0 Å². The van der Waals surface area contributed by atoms with Gasteiger partial charge in [-0.1, -0.05) is 12.1 Å². The van der Waals surface area contributed by atoms with Crippen LogP contribution in [0.2, 0.25) is 0 Å². The van der Waals surface area contributed by atoms with E-state index in [0.717, 1.165) is 7.05 Å². The fraction of sp³-hybridized carbons (Fsp3) is 0.250. The van der Waals surface area contributed by atoms with Gasteiger partial charge in [0.2, 0.25) is 0 Å². The van der Waals surface area contributed by atoms with Crippen LogP contribution < -0.4 is 4.74 Å². The van der Waals surface area contributed by atoms with Crippen molar-refractivity contribution in [2.45, 2.75) is 4.90 Å². The Morgan fingerprint density at radius 2 is 1.93 bits per heavy atom. The van der Waals surface area contributed by atoms with Crippen LogP contribution in [0.3, 0.4) is 0 Å². The second-order valence-corrected chi connectivity index (χ2v) is 4.59. The zero-order chi connectivity index (χ0) is 11.5. The monoisotopic (exact) mass is 230 g/mol. The lowest BCUT2D eigenvalue weighted by molar-refractivity contribution is 0.399. The van der Waals surface area contributed by atoms with Crippen molar-refractivity contribution in [2.75, 3.05) is 14.2 Å². The van der Waals surface area contributed by atoms with Gasteiger partial charge in [-0.05, 0) is 12.1 Å². The topological polar surface area (TPSA) is 76.0 Å². The van der Waals surface area contributed by atoms with Crippen molar-refractivity contribution in [3.05, 3.63) is 29.2 Å². The first kappa shape index (κ1) is 11.4. The number of hydrogen-bond acceptors (Lipinski definition) is 5. The van der Waals surface area contributed by atoms with Crippen molar-refractivity contribution >= 4 is 10.0 Å². The average molecular weight is 230 g/mol. The summed E-state index contributed by atoms with van der Waals surface area (Å²) in [4.78, 5) is 10.1. The molecule has 0 radical (unpaired) electrons. The van der Waals surface area contributed by atoms with E-state index in [1.165, 1.54) is 25.3 Å². The standard InChI is InChI=1S/C8H10N2O4S/c1-10(9-11)15(12,13)8-6-4-3-5-7(8)14-2/h3-6H,1-2H3. The molecular weight excluding hydrogens is 220 g/mol. The number of sulfonamides is 1. The number of ether oxygens (including phenoxy) is 1. The first-order valence-electron chi connectivity index (χ1n) is 3.99. The largest absolute Gasteiger partial charge is 0.495 e. The van der Waals surface area contributed by atoms with Crippen LogP contribution in [0.25, 0.3) is 0 Å². The molecule has 0 bridgehead atoms. The maximum atomic E-state index is 11.7. The van der Waals surface area contributed by atoms with E-state index in [0.29, 0.717) is 4.41 Å². The normalized spacial score (nSPS) is 10.8. The van der Waals surface area contributed by atoms with E-state index in [-0.39, 0.29) is 10.6 Å². The maximum Gasteiger partial charge on any atom is 0.284 e. The molecule has 0 aliphatic carbocycles. The van der Waals surface area contributed by atoms with Crippen LogP contribution in [0.1, 0.15) is 0 Å². The van der Waals surface area contributed by atoms with Gasteiger partial charge in [-0.25, -0.2) is 0 Å². The summed E-state index contributed by atoms with van der Waals surface area (Å²) < 4.78 is 28.6. The molecule has 0 spiro atoms. The van der Waals surface area contributed by atoms with Gasteiger partial charge in [0.1, 0.15) is 10.6 Å². The number of rotatable bonds is 4. The zero-order valence-electron chi connectivity index (χ0n) is 8.25. The predicted octanol–water partition coefficient (Wildman–Crippen LogP) is 0.997. The Balaban J connectivity index is 3.33. The number of hydrogen-bond donors (Lipinski definition) is 0. The minimum absolute atomic E-state index is 0.0883. The Morgan fingerprint density at radius 3 is 2.47 bits per heavy atom. The van der Waals surface area contributed by atoms with Crippen molar-refractivity contribution in [1.29, 1.82) is 0 Å². The molecule has 0 N–H and O–H groups in total. The molecule has 1 aromatic rings. The lowest BCUT2D eigenvalue weighted by Gasteiger charge is -2.12. The second kappa shape index (κ2) is 4.26. The van der Waals surface area contributed by atoms with Gasteiger partial charge in [0.05, 0.1) is 12.4 Å². The van der Waals surface area contributed by atoms with Crippen LogP contribution in [-0.2, 0) is 10.0 Å². The molecule has 0 unspecified atom stereocenters. The average Bonchev–Trinajstić information content (AvgIpc) is 2.27. The molecule has 15 heavy (non-hydrogen) atoms.